The van der Waals surface area contributed by atoms with Gasteiger partial charge in [-0.25, -0.2) is 4.79 Å². The summed E-state index contributed by atoms with van der Waals surface area (Å²) >= 11 is 0. The first-order valence-electron chi connectivity index (χ1n) is 6.58. The molecular weight excluding hydrogens is 309 g/mol. The zero-order valence-corrected chi connectivity index (χ0v) is 12.1. The van der Waals surface area contributed by atoms with Gasteiger partial charge in [0.1, 0.15) is 0 Å². The van der Waals surface area contributed by atoms with Gasteiger partial charge in [-0.1, -0.05) is 12.1 Å². The van der Waals surface area contributed by atoms with Gasteiger partial charge in [0.25, 0.3) is 0 Å². The van der Waals surface area contributed by atoms with Crippen LogP contribution < -0.4 is 5.43 Å². The molecule has 23 heavy (non-hydrogen) atoms. The minimum absolute atomic E-state index is 0.133. The van der Waals surface area contributed by atoms with Crippen LogP contribution >= 0.6 is 0 Å². The first-order chi connectivity index (χ1) is 10.8. The Hall–Kier alpha value is -2.83. The number of hydrogen-bond acceptors (Lipinski definition) is 3. The summed E-state index contributed by atoms with van der Waals surface area (Å²) in [4.78, 5) is 10.7. The molecule has 0 spiro atoms. The average Bonchev–Trinajstić information content (AvgIpc) is 2.52. The van der Waals surface area contributed by atoms with E-state index >= 15 is 0 Å². The van der Waals surface area contributed by atoms with E-state index in [0.29, 0.717) is 17.0 Å². The maximum atomic E-state index is 12.7. The molecule has 0 bridgehead atoms. The number of hydrazone groups is 1. The van der Waals surface area contributed by atoms with Gasteiger partial charge in [-0.15, -0.1) is 0 Å². The summed E-state index contributed by atoms with van der Waals surface area (Å²) in [5, 5.41) is 12.8. The number of nitrogens with one attached hydrogen (secondary N) is 1. The predicted molar refractivity (Wildman–Crippen MR) is 80.7 cm³/mol. The third kappa shape index (κ3) is 4.32. The Morgan fingerprint density at radius 1 is 1.09 bits per heavy atom. The molecular formula is C16H13F3N2O2. The van der Waals surface area contributed by atoms with Crippen molar-refractivity contribution in [2.45, 2.75) is 13.1 Å². The van der Waals surface area contributed by atoms with E-state index in [1.54, 1.807) is 6.92 Å². The van der Waals surface area contributed by atoms with Crippen molar-refractivity contribution < 1.29 is 23.1 Å². The molecule has 2 N–H and O–H groups in total. The van der Waals surface area contributed by atoms with E-state index in [9.17, 15) is 18.0 Å². The fourth-order valence-electron chi connectivity index (χ4n) is 1.82. The first kappa shape index (κ1) is 16.5. The topological polar surface area (TPSA) is 61.7 Å². The summed E-state index contributed by atoms with van der Waals surface area (Å²) < 4.78 is 38.0. The molecule has 0 aliphatic heterocycles. The highest BCUT2D eigenvalue weighted by Gasteiger charge is 2.30. The SMILES string of the molecule is C/C(=N/Nc1ccc(C(=O)O)cc1)c1cccc(C(F)(F)F)c1. The number of hydrogen-bond donors (Lipinski definition) is 2. The second-order valence-corrected chi connectivity index (χ2v) is 4.77. The Morgan fingerprint density at radius 2 is 1.74 bits per heavy atom. The van der Waals surface area contributed by atoms with Crippen LogP contribution in [0, 0.1) is 0 Å². The van der Waals surface area contributed by atoms with Crippen LogP contribution in [-0.2, 0) is 6.18 Å². The smallest absolute Gasteiger partial charge is 0.416 e. The molecule has 7 heteroatoms. The first-order valence-corrected chi connectivity index (χ1v) is 6.58. The largest absolute Gasteiger partial charge is 0.478 e. The van der Waals surface area contributed by atoms with E-state index < -0.39 is 17.7 Å². The Labute approximate surface area is 130 Å². The van der Waals surface area contributed by atoms with E-state index in [4.69, 9.17) is 5.11 Å². The van der Waals surface area contributed by atoms with E-state index in [-0.39, 0.29) is 5.56 Å². The number of nitrogens with zero attached hydrogens (tertiary/aromatic N) is 1. The van der Waals surface area contributed by atoms with Gasteiger partial charge in [0.2, 0.25) is 0 Å². The van der Waals surface area contributed by atoms with Crippen molar-refractivity contribution in [2.75, 3.05) is 5.43 Å². The fraction of sp³-hybridized carbons (Fsp3) is 0.125. The number of carbonyl (C=O) groups is 1. The van der Waals surface area contributed by atoms with E-state index in [1.165, 1.54) is 36.4 Å². The molecule has 0 aliphatic carbocycles. The molecule has 120 valence electrons. The van der Waals surface area contributed by atoms with Crippen molar-refractivity contribution in [1.29, 1.82) is 0 Å². The van der Waals surface area contributed by atoms with Crippen molar-refractivity contribution in [1.82, 2.24) is 0 Å². The second kappa shape index (κ2) is 6.51. The third-order valence-corrected chi connectivity index (χ3v) is 3.09. The summed E-state index contributed by atoms with van der Waals surface area (Å²) in [7, 11) is 0. The van der Waals surface area contributed by atoms with Gasteiger partial charge in [-0.2, -0.15) is 18.3 Å². The zero-order chi connectivity index (χ0) is 17.0. The van der Waals surface area contributed by atoms with Gasteiger partial charge in [0.05, 0.1) is 22.5 Å². The summed E-state index contributed by atoms with van der Waals surface area (Å²) in [6.45, 7) is 1.58. The molecule has 2 aromatic rings. The molecule has 0 aromatic heterocycles. The lowest BCUT2D eigenvalue weighted by atomic mass is 10.1. The minimum Gasteiger partial charge on any atom is -0.478 e. The van der Waals surface area contributed by atoms with Crippen LogP contribution in [0.25, 0.3) is 0 Å². The summed E-state index contributed by atoms with van der Waals surface area (Å²) in [6.07, 6.45) is -4.41. The third-order valence-electron chi connectivity index (χ3n) is 3.09. The molecule has 0 radical (unpaired) electrons. The molecule has 0 saturated heterocycles. The standard InChI is InChI=1S/C16H13F3N2O2/c1-10(12-3-2-4-13(9-12)16(17,18)19)20-21-14-7-5-11(6-8-14)15(22)23/h2-9,21H,1H3,(H,22,23)/b20-10-. The van der Waals surface area contributed by atoms with Crippen LogP contribution in [0.3, 0.4) is 0 Å². The van der Waals surface area contributed by atoms with Crippen molar-refractivity contribution in [2.24, 2.45) is 5.10 Å². The Bertz CT molecular complexity index is 738. The van der Waals surface area contributed by atoms with Crippen LogP contribution in [0.5, 0.6) is 0 Å². The van der Waals surface area contributed by atoms with Crippen LogP contribution in [0.4, 0.5) is 18.9 Å². The van der Waals surface area contributed by atoms with Crippen LogP contribution in [0.2, 0.25) is 0 Å². The number of carboxylic acid groups (broad SMARTS) is 1. The molecule has 2 rings (SSSR count). The van der Waals surface area contributed by atoms with Gasteiger partial charge in [-0.05, 0) is 48.9 Å². The molecule has 0 heterocycles. The van der Waals surface area contributed by atoms with E-state index in [2.05, 4.69) is 10.5 Å². The number of aromatic carboxylic acids is 1. The van der Waals surface area contributed by atoms with Crippen molar-refractivity contribution in [3.63, 3.8) is 0 Å². The summed E-state index contributed by atoms with van der Waals surface area (Å²) in [6, 6.07) is 10.7. The molecule has 0 atom stereocenters. The monoisotopic (exact) mass is 322 g/mol. The molecule has 2 aromatic carbocycles. The Balaban J connectivity index is 2.15. The quantitative estimate of drug-likeness (QED) is 0.654. The van der Waals surface area contributed by atoms with Gasteiger partial charge < -0.3 is 5.11 Å². The summed E-state index contributed by atoms with van der Waals surface area (Å²) in [5.41, 5.74) is 3.32. The van der Waals surface area contributed by atoms with E-state index in [0.717, 1.165) is 12.1 Å². The van der Waals surface area contributed by atoms with Crippen molar-refractivity contribution >= 4 is 17.4 Å². The molecule has 0 unspecified atom stereocenters. The Kier molecular flexibility index (Phi) is 4.68. The molecule has 0 aliphatic rings. The maximum absolute atomic E-state index is 12.7. The second-order valence-electron chi connectivity index (χ2n) is 4.77. The molecule has 0 amide bonds. The zero-order valence-electron chi connectivity index (χ0n) is 12.1. The van der Waals surface area contributed by atoms with Crippen LogP contribution in [0.15, 0.2) is 53.6 Å². The average molecular weight is 322 g/mol. The van der Waals surface area contributed by atoms with Gasteiger partial charge in [0.15, 0.2) is 0 Å². The van der Waals surface area contributed by atoms with Gasteiger partial charge >= 0.3 is 12.1 Å². The highest BCUT2D eigenvalue weighted by atomic mass is 19.4. The lowest BCUT2D eigenvalue weighted by Crippen LogP contribution is -2.07. The molecule has 4 nitrogen and oxygen atoms in total. The van der Waals surface area contributed by atoms with Crippen molar-refractivity contribution in [3.05, 3.63) is 65.2 Å². The van der Waals surface area contributed by atoms with Crippen LogP contribution in [0.1, 0.15) is 28.4 Å². The van der Waals surface area contributed by atoms with Gasteiger partial charge in [-0.3, -0.25) is 5.43 Å². The lowest BCUT2D eigenvalue weighted by molar-refractivity contribution is -0.137. The highest BCUT2D eigenvalue weighted by Crippen LogP contribution is 2.29. The highest BCUT2D eigenvalue weighted by molar-refractivity contribution is 5.99. The number of halogens is 3. The molecule has 0 saturated carbocycles. The number of anilines is 1. The number of rotatable bonds is 4. The number of carboxylic acids is 1. The normalized spacial score (nSPS) is 12.1. The lowest BCUT2D eigenvalue weighted by Gasteiger charge is -2.09. The van der Waals surface area contributed by atoms with Crippen molar-refractivity contribution in [3.8, 4) is 0 Å². The van der Waals surface area contributed by atoms with Crippen LogP contribution in [-0.4, -0.2) is 16.8 Å². The summed E-state index contributed by atoms with van der Waals surface area (Å²) in [5.74, 6) is -1.04. The minimum atomic E-state index is -4.41. The number of benzene rings is 2. The fourth-order valence-corrected chi connectivity index (χ4v) is 1.82. The Morgan fingerprint density at radius 3 is 2.30 bits per heavy atom. The molecule has 0 fully saturated rings. The predicted octanol–water partition coefficient (Wildman–Crippen LogP) is 4.24. The van der Waals surface area contributed by atoms with Gasteiger partial charge in [0, 0.05) is 0 Å². The number of alkyl halides is 3. The maximum Gasteiger partial charge on any atom is 0.416 e. The van der Waals surface area contributed by atoms with E-state index in [1.807, 2.05) is 0 Å².